The molecule has 0 unspecified atom stereocenters. The predicted molar refractivity (Wildman–Crippen MR) is 64.6 cm³/mol. The van der Waals surface area contributed by atoms with Gasteiger partial charge in [0, 0.05) is 13.1 Å². The van der Waals surface area contributed by atoms with Gasteiger partial charge in [-0.3, -0.25) is 0 Å². The van der Waals surface area contributed by atoms with Crippen LogP contribution in [0.25, 0.3) is 10.8 Å². The smallest absolute Gasteiger partial charge is 0.0202 e. The van der Waals surface area contributed by atoms with Crippen LogP contribution >= 0.6 is 0 Å². The second kappa shape index (κ2) is 4.43. The van der Waals surface area contributed by atoms with Gasteiger partial charge in [0.2, 0.25) is 0 Å². The summed E-state index contributed by atoms with van der Waals surface area (Å²) >= 11 is 0. The first-order valence-corrected chi connectivity index (χ1v) is 5.20. The van der Waals surface area contributed by atoms with Crippen molar-refractivity contribution in [3.63, 3.8) is 0 Å². The van der Waals surface area contributed by atoms with Gasteiger partial charge in [-0.25, -0.2) is 0 Å². The van der Waals surface area contributed by atoms with E-state index in [4.69, 9.17) is 5.73 Å². The van der Waals surface area contributed by atoms with Gasteiger partial charge >= 0.3 is 0 Å². The number of benzene rings is 2. The molecule has 2 aromatic rings. The van der Waals surface area contributed by atoms with Crippen molar-refractivity contribution in [3.8, 4) is 0 Å². The summed E-state index contributed by atoms with van der Waals surface area (Å²) in [5.74, 6) is 0. The van der Waals surface area contributed by atoms with Crippen molar-refractivity contribution in [2.75, 3.05) is 7.05 Å². The van der Waals surface area contributed by atoms with Crippen molar-refractivity contribution in [3.05, 3.63) is 47.5 Å². The van der Waals surface area contributed by atoms with Crippen LogP contribution in [0.4, 0.5) is 0 Å². The molecule has 0 radical (unpaired) electrons. The first-order chi connectivity index (χ1) is 7.35. The largest absolute Gasteiger partial charge is 0.326 e. The minimum absolute atomic E-state index is 0.600. The molecule has 0 aliphatic heterocycles. The molecule has 0 aliphatic rings. The molecule has 0 aliphatic carbocycles. The van der Waals surface area contributed by atoms with Crippen LogP contribution in [-0.4, -0.2) is 7.05 Å². The SMILES string of the molecule is CNCc1ccc2c(CN)cccc2c1. The standard InChI is InChI=1S/C13H16N2/c1-15-9-10-5-6-13-11(7-10)3-2-4-12(13)8-14/h2-7,15H,8-9,14H2,1H3. The molecule has 78 valence electrons. The van der Waals surface area contributed by atoms with Gasteiger partial charge in [0.15, 0.2) is 0 Å². The lowest BCUT2D eigenvalue weighted by atomic mass is 10.0. The molecule has 2 aromatic carbocycles. The third kappa shape index (κ3) is 2.01. The fraction of sp³-hybridized carbons (Fsp3) is 0.231. The zero-order chi connectivity index (χ0) is 10.7. The fourth-order valence-electron chi connectivity index (χ4n) is 1.89. The molecule has 0 amide bonds. The normalized spacial score (nSPS) is 10.8. The van der Waals surface area contributed by atoms with Gasteiger partial charge in [-0.1, -0.05) is 30.3 Å². The number of nitrogens with two attached hydrogens (primary N) is 1. The molecule has 0 heterocycles. The van der Waals surface area contributed by atoms with Crippen molar-refractivity contribution in [2.24, 2.45) is 5.73 Å². The Morgan fingerprint density at radius 3 is 2.80 bits per heavy atom. The van der Waals surface area contributed by atoms with Gasteiger partial charge < -0.3 is 11.1 Å². The van der Waals surface area contributed by atoms with Crippen molar-refractivity contribution in [1.82, 2.24) is 5.32 Å². The lowest BCUT2D eigenvalue weighted by Crippen LogP contribution is -2.04. The molecule has 0 fully saturated rings. The highest BCUT2D eigenvalue weighted by molar-refractivity contribution is 5.86. The predicted octanol–water partition coefficient (Wildman–Crippen LogP) is 2.02. The molecule has 0 aromatic heterocycles. The van der Waals surface area contributed by atoms with Crippen LogP contribution in [0.15, 0.2) is 36.4 Å². The lowest BCUT2D eigenvalue weighted by Gasteiger charge is -2.06. The lowest BCUT2D eigenvalue weighted by molar-refractivity contribution is 0.819. The summed E-state index contributed by atoms with van der Waals surface area (Å²) in [5, 5.41) is 5.69. The summed E-state index contributed by atoms with van der Waals surface area (Å²) < 4.78 is 0. The van der Waals surface area contributed by atoms with E-state index in [1.807, 2.05) is 7.05 Å². The van der Waals surface area contributed by atoms with Crippen LogP contribution in [0.5, 0.6) is 0 Å². The second-order valence-corrected chi connectivity index (χ2v) is 3.71. The molecule has 0 saturated carbocycles. The highest BCUT2D eigenvalue weighted by Crippen LogP contribution is 2.19. The number of hydrogen-bond acceptors (Lipinski definition) is 2. The van der Waals surface area contributed by atoms with Gasteiger partial charge in [0.05, 0.1) is 0 Å². The Morgan fingerprint density at radius 2 is 2.07 bits per heavy atom. The molecule has 2 nitrogen and oxygen atoms in total. The topological polar surface area (TPSA) is 38.0 Å². The maximum Gasteiger partial charge on any atom is 0.0202 e. The summed E-state index contributed by atoms with van der Waals surface area (Å²) in [6.07, 6.45) is 0. The minimum Gasteiger partial charge on any atom is -0.326 e. The zero-order valence-electron chi connectivity index (χ0n) is 8.96. The number of nitrogens with one attached hydrogen (secondary N) is 1. The summed E-state index contributed by atoms with van der Waals surface area (Å²) in [7, 11) is 1.96. The molecular formula is C13H16N2. The highest BCUT2D eigenvalue weighted by atomic mass is 14.8. The first kappa shape index (κ1) is 10.1. The highest BCUT2D eigenvalue weighted by Gasteiger charge is 1.99. The molecule has 0 saturated heterocycles. The van der Waals surface area contributed by atoms with Crippen molar-refractivity contribution < 1.29 is 0 Å². The van der Waals surface area contributed by atoms with E-state index >= 15 is 0 Å². The average Bonchev–Trinajstić information content (AvgIpc) is 2.28. The third-order valence-corrected chi connectivity index (χ3v) is 2.64. The number of rotatable bonds is 3. The maximum atomic E-state index is 5.70. The number of fused-ring (bicyclic) bond motifs is 1. The van der Waals surface area contributed by atoms with E-state index in [0.717, 1.165) is 6.54 Å². The van der Waals surface area contributed by atoms with E-state index < -0.39 is 0 Å². The van der Waals surface area contributed by atoms with Gasteiger partial charge in [-0.05, 0) is 35.0 Å². The Morgan fingerprint density at radius 1 is 1.20 bits per heavy atom. The second-order valence-electron chi connectivity index (χ2n) is 3.71. The summed E-state index contributed by atoms with van der Waals surface area (Å²) in [6.45, 7) is 1.51. The van der Waals surface area contributed by atoms with Crippen molar-refractivity contribution >= 4 is 10.8 Å². The Hall–Kier alpha value is -1.38. The summed E-state index contributed by atoms with van der Waals surface area (Å²) in [4.78, 5) is 0. The monoisotopic (exact) mass is 200 g/mol. The molecule has 0 bridgehead atoms. The quantitative estimate of drug-likeness (QED) is 0.795. The molecule has 3 N–H and O–H groups in total. The van der Waals surface area contributed by atoms with E-state index in [1.54, 1.807) is 0 Å². The van der Waals surface area contributed by atoms with Crippen LogP contribution in [0, 0.1) is 0 Å². The third-order valence-electron chi connectivity index (χ3n) is 2.64. The van der Waals surface area contributed by atoms with E-state index in [1.165, 1.54) is 21.9 Å². The van der Waals surface area contributed by atoms with Gasteiger partial charge in [-0.2, -0.15) is 0 Å². The Kier molecular flexibility index (Phi) is 2.99. The van der Waals surface area contributed by atoms with E-state index in [2.05, 4.69) is 41.7 Å². The van der Waals surface area contributed by atoms with Gasteiger partial charge in [0.25, 0.3) is 0 Å². The summed E-state index contributed by atoms with van der Waals surface area (Å²) in [5.41, 5.74) is 8.22. The molecule has 2 heteroatoms. The van der Waals surface area contributed by atoms with Crippen LogP contribution in [0.3, 0.4) is 0 Å². The minimum atomic E-state index is 0.600. The fourth-order valence-corrected chi connectivity index (χ4v) is 1.89. The first-order valence-electron chi connectivity index (χ1n) is 5.20. The molecule has 2 rings (SSSR count). The molecule has 0 atom stereocenters. The molecular weight excluding hydrogens is 184 g/mol. The van der Waals surface area contributed by atoms with Gasteiger partial charge in [-0.15, -0.1) is 0 Å². The van der Waals surface area contributed by atoms with Crippen molar-refractivity contribution in [1.29, 1.82) is 0 Å². The number of hydrogen-bond donors (Lipinski definition) is 2. The van der Waals surface area contributed by atoms with E-state index in [0.29, 0.717) is 6.54 Å². The maximum absolute atomic E-state index is 5.70. The molecule has 0 spiro atoms. The van der Waals surface area contributed by atoms with Crippen LogP contribution in [0.1, 0.15) is 11.1 Å². The van der Waals surface area contributed by atoms with Crippen LogP contribution < -0.4 is 11.1 Å². The van der Waals surface area contributed by atoms with Crippen molar-refractivity contribution in [2.45, 2.75) is 13.1 Å². The van der Waals surface area contributed by atoms with E-state index in [-0.39, 0.29) is 0 Å². The van der Waals surface area contributed by atoms with Gasteiger partial charge in [0.1, 0.15) is 0 Å². The molecule has 15 heavy (non-hydrogen) atoms. The zero-order valence-corrected chi connectivity index (χ0v) is 8.96. The Labute approximate surface area is 90.1 Å². The summed E-state index contributed by atoms with van der Waals surface area (Å²) in [6, 6.07) is 12.8. The Balaban J connectivity index is 2.53. The van der Waals surface area contributed by atoms with Crippen LogP contribution in [-0.2, 0) is 13.1 Å². The Bertz CT molecular complexity index is 463. The van der Waals surface area contributed by atoms with E-state index in [9.17, 15) is 0 Å². The van der Waals surface area contributed by atoms with Crippen LogP contribution in [0.2, 0.25) is 0 Å². The average molecular weight is 200 g/mol.